The zero-order valence-corrected chi connectivity index (χ0v) is 13.9. The number of aromatic nitrogens is 1. The second-order valence-electron chi connectivity index (χ2n) is 7.25. The second-order valence-corrected chi connectivity index (χ2v) is 8.11. The van der Waals surface area contributed by atoms with Crippen molar-refractivity contribution in [3.8, 4) is 0 Å². The summed E-state index contributed by atoms with van der Waals surface area (Å²) in [6.07, 6.45) is 8.93. The van der Waals surface area contributed by atoms with E-state index in [0.717, 1.165) is 29.7 Å². The number of carbonyl (C=O) groups is 1. The van der Waals surface area contributed by atoms with Gasteiger partial charge in [0.1, 0.15) is 0 Å². The normalized spacial score (nSPS) is 31.5. The third kappa shape index (κ3) is 3.06. The molecule has 1 saturated heterocycles. The van der Waals surface area contributed by atoms with Crippen molar-refractivity contribution < 1.29 is 4.79 Å². The number of piperidine rings is 1. The lowest BCUT2D eigenvalue weighted by molar-refractivity contribution is -0.121. The Hall–Kier alpha value is -0.940. The minimum absolute atomic E-state index is 0.214. The highest BCUT2D eigenvalue weighted by atomic mass is 32.1. The van der Waals surface area contributed by atoms with Crippen molar-refractivity contribution in [3.63, 3.8) is 0 Å². The molecule has 1 aliphatic heterocycles. The van der Waals surface area contributed by atoms with Gasteiger partial charge in [0, 0.05) is 17.8 Å². The van der Waals surface area contributed by atoms with Gasteiger partial charge in [0.25, 0.3) is 0 Å². The Morgan fingerprint density at radius 3 is 2.86 bits per heavy atom. The van der Waals surface area contributed by atoms with Gasteiger partial charge in [0.2, 0.25) is 5.91 Å². The first kappa shape index (κ1) is 14.6. The Bertz CT molecular complexity index is 538. The Kier molecular flexibility index (Phi) is 4.18. The van der Waals surface area contributed by atoms with Crippen molar-refractivity contribution >= 4 is 22.4 Å². The summed E-state index contributed by atoms with van der Waals surface area (Å²) in [5.41, 5.74) is 1.11. The Balaban J connectivity index is 1.32. The first-order valence-electron chi connectivity index (χ1n) is 8.75. The van der Waals surface area contributed by atoms with Crippen LogP contribution in [0.1, 0.15) is 50.6 Å². The molecule has 1 aromatic rings. The highest BCUT2D eigenvalue weighted by molar-refractivity contribution is 7.13. The molecule has 3 fully saturated rings. The molecule has 1 amide bonds. The molecular weight excluding hydrogens is 294 g/mol. The standard InChI is InChI=1S/C17H25N3OS/c21-16(15-9-12-4-5-13(15)8-12)19-17-18-14(11-22-17)10-20-6-2-1-3-7-20/h11-13,15H,1-10H2,(H,18,19,21). The summed E-state index contributed by atoms with van der Waals surface area (Å²) in [4.78, 5) is 19.5. The van der Waals surface area contributed by atoms with E-state index < -0.39 is 0 Å². The number of carbonyl (C=O) groups excluding carboxylic acids is 1. The average molecular weight is 319 g/mol. The highest BCUT2D eigenvalue weighted by Gasteiger charge is 2.43. The van der Waals surface area contributed by atoms with Crippen molar-refractivity contribution in [2.24, 2.45) is 17.8 Å². The molecule has 4 rings (SSSR count). The van der Waals surface area contributed by atoms with Crippen LogP contribution in [0.5, 0.6) is 0 Å². The molecule has 120 valence electrons. The summed E-state index contributed by atoms with van der Waals surface area (Å²) in [6, 6.07) is 0. The van der Waals surface area contributed by atoms with E-state index in [1.54, 1.807) is 11.3 Å². The maximum absolute atomic E-state index is 12.4. The number of rotatable bonds is 4. The first-order valence-corrected chi connectivity index (χ1v) is 9.63. The number of thiazole rings is 1. The van der Waals surface area contributed by atoms with Gasteiger partial charge < -0.3 is 5.32 Å². The first-order chi connectivity index (χ1) is 10.8. The van der Waals surface area contributed by atoms with E-state index in [1.165, 1.54) is 51.6 Å². The van der Waals surface area contributed by atoms with Gasteiger partial charge in [-0.3, -0.25) is 9.69 Å². The van der Waals surface area contributed by atoms with Gasteiger partial charge in [0.15, 0.2) is 5.13 Å². The molecule has 4 nitrogen and oxygen atoms in total. The number of hydrogen-bond donors (Lipinski definition) is 1. The fourth-order valence-electron chi connectivity index (χ4n) is 4.55. The molecule has 1 N–H and O–H groups in total. The van der Waals surface area contributed by atoms with Crippen LogP contribution < -0.4 is 5.32 Å². The van der Waals surface area contributed by atoms with E-state index in [1.807, 2.05) is 0 Å². The molecule has 3 unspecified atom stereocenters. The van der Waals surface area contributed by atoms with E-state index in [0.29, 0.717) is 5.92 Å². The smallest absolute Gasteiger partial charge is 0.229 e. The molecular formula is C17H25N3OS. The molecule has 22 heavy (non-hydrogen) atoms. The molecule has 3 aliphatic rings. The molecule has 0 aromatic carbocycles. The Morgan fingerprint density at radius 2 is 2.14 bits per heavy atom. The summed E-state index contributed by atoms with van der Waals surface area (Å²) in [5.74, 6) is 1.91. The molecule has 5 heteroatoms. The molecule has 2 bridgehead atoms. The number of anilines is 1. The molecule has 2 aliphatic carbocycles. The predicted molar refractivity (Wildman–Crippen MR) is 88.8 cm³/mol. The van der Waals surface area contributed by atoms with Crippen LogP contribution >= 0.6 is 11.3 Å². The fraction of sp³-hybridized carbons (Fsp3) is 0.765. The van der Waals surface area contributed by atoms with Gasteiger partial charge in [-0.15, -0.1) is 11.3 Å². The van der Waals surface area contributed by atoms with Crippen LogP contribution in [-0.4, -0.2) is 28.9 Å². The van der Waals surface area contributed by atoms with Gasteiger partial charge in [-0.05, 0) is 57.0 Å². The third-order valence-corrected chi connectivity index (χ3v) is 6.50. The van der Waals surface area contributed by atoms with Gasteiger partial charge in [-0.2, -0.15) is 0 Å². The van der Waals surface area contributed by atoms with Crippen LogP contribution in [-0.2, 0) is 11.3 Å². The summed E-state index contributed by atoms with van der Waals surface area (Å²) in [7, 11) is 0. The van der Waals surface area contributed by atoms with Crippen molar-refractivity contribution in [2.75, 3.05) is 18.4 Å². The molecule has 0 spiro atoms. The monoisotopic (exact) mass is 319 g/mol. The lowest BCUT2D eigenvalue weighted by Gasteiger charge is -2.25. The molecule has 0 radical (unpaired) electrons. The minimum atomic E-state index is 0.214. The quantitative estimate of drug-likeness (QED) is 0.924. The van der Waals surface area contributed by atoms with Crippen molar-refractivity contribution in [3.05, 3.63) is 11.1 Å². The number of nitrogens with zero attached hydrogens (tertiary/aromatic N) is 2. The Morgan fingerprint density at radius 1 is 1.27 bits per heavy atom. The van der Waals surface area contributed by atoms with Gasteiger partial charge in [-0.1, -0.05) is 12.8 Å². The molecule has 1 aromatic heterocycles. The summed E-state index contributed by atoms with van der Waals surface area (Å²) in [5, 5.41) is 5.97. The third-order valence-electron chi connectivity index (χ3n) is 5.69. The van der Waals surface area contributed by atoms with E-state index in [4.69, 9.17) is 0 Å². The van der Waals surface area contributed by atoms with Crippen LogP contribution in [0, 0.1) is 17.8 Å². The predicted octanol–water partition coefficient (Wildman–Crippen LogP) is 3.50. The topological polar surface area (TPSA) is 45.2 Å². The number of amides is 1. The zero-order valence-electron chi connectivity index (χ0n) is 13.1. The van der Waals surface area contributed by atoms with Crippen LogP contribution in [0.15, 0.2) is 5.38 Å². The number of fused-ring (bicyclic) bond motifs is 2. The van der Waals surface area contributed by atoms with E-state index in [9.17, 15) is 4.79 Å². The van der Waals surface area contributed by atoms with Gasteiger partial charge in [-0.25, -0.2) is 4.98 Å². The van der Waals surface area contributed by atoms with Gasteiger partial charge in [0.05, 0.1) is 5.69 Å². The van der Waals surface area contributed by atoms with E-state index in [2.05, 4.69) is 20.6 Å². The summed E-state index contributed by atoms with van der Waals surface area (Å²) >= 11 is 1.58. The van der Waals surface area contributed by atoms with Crippen molar-refractivity contribution in [1.29, 1.82) is 0 Å². The lowest BCUT2D eigenvalue weighted by Crippen LogP contribution is -2.29. The van der Waals surface area contributed by atoms with Crippen molar-refractivity contribution in [1.82, 2.24) is 9.88 Å². The van der Waals surface area contributed by atoms with Crippen LogP contribution in [0.25, 0.3) is 0 Å². The zero-order chi connectivity index (χ0) is 14.9. The lowest BCUT2D eigenvalue weighted by atomic mass is 9.88. The fourth-order valence-corrected chi connectivity index (χ4v) is 5.25. The largest absolute Gasteiger partial charge is 0.302 e. The molecule has 3 atom stereocenters. The SMILES string of the molecule is O=C(Nc1nc(CN2CCCCC2)cs1)C1CC2CCC1C2. The Labute approximate surface area is 136 Å². The van der Waals surface area contributed by atoms with Crippen LogP contribution in [0.4, 0.5) is 5.13 Å². The maximum atomic E-state index is 12.4. The molecule has 2 saturated carbocycles. The van der Waals surface area contributed by atoms with Crippen LogP contribution in [0.2, 0.25) is 0 Å². The number of likely N-dealkylation sites (tertiary alicyclic amines) is 1. The van der Waals surface area contributed by atoms with E-state index >= 15 is 0 Å². The number of nitrogens with one attached hydrogen (secondary N) is 1. The maximum Gasteiger partial charge on any atom is 0.229 e. The van der Waals surface area contributed by atoms with E-state index in [-0.39, 0.29) is 11.8 Å². The average Bonchev–Trinajstić information content (AvgIpc) is 3.25. The van der Waals surface area contributed by atoms with Crippen LogP contribution in [0.3, 0.4) is 0 Å². The highest BCUT2D eigenvalue weighted by Crippen LogP contribution is 2.48. The van der Waals surface area contributed by atoms with Crippen molar-refractivity contribution in [2.45, 2.75) is 51.5 Å². The molecule has 2 heterocycles. The summed E-state index contributed by atoms with van der Waals surface area (Å²) in [6.45, 7) is 3.30. The second kappa shape index (κ2) is 6.28. The summed E-state index contributed by atoms with van der Waals surface area (Å²) < 4.78 is 0. The minimum Gasteiger partial charge on any atom is -0.302 e. The van der Waals surface area contributed by atoms with Gasteiger partial charge >= 0.3 is 0 Å². The number of hydrogen-bond acceptors (Lipinski definition) is 4.